The van der Waals surface area contributed by atoms with E-state index in [9.17, 15) is 4.79 Å². The largest absolute Gasteiger partial charge is 0.494 e. The zero-order valence-corrected chi connectivity index (χ0v) is 16.0. The second-order valence-electron chi connectivity index (χ2n) is 6.38. The maximum Gasteiger partial charge on any atom is 0.269 e. The molecule has 0 aromatic heterocycles. The summed E-state index contributed by atoms with van der Waals surface area (Å²) < 4.78 is 22.5. The summed E-state index contributed by atoms with van der Waals surface area (Å²) in [6.45, 7) is 2.73. The van der Waals surface area contributed by atoms with E-state index in [0.717, 1.165) is 5.75 Å². The highest BCUT2D eigenvalue weighted by atomic mass is 16.6. The zero-order chi connectivity index (χ0) is 20.1. The fourth-order valence-corrected chi connectivity index (χ4v) is 2.88. The number of benzene rings is 3. The van der Waals surface area contributed by atoms with Crippen LogP contribution in [0.3, 0.4) is 0 Å². The van der Waals surface area contributed by atoms with Gasteiger partial charge < -0.3 is 24.3 Å². The van der Waals surface area contributed by atoms with Gasteiger partial charge in [0, 0.05) is 5.69 Å². The van der Waals surface area contributed by atoms with Crippen LogP contribution in [0.2, 0.25) is 0 Å². The van der Waals surface area contributed by atoms with Gasteiger partial charge in [-0.05, 0) is 67.6 Å². The Bertz CT molecular complexity index is 969. The monoisotopic (exact) mass is 391 g/mol. The molecule has 1 atom stereocenters. The highest BCUT2D eigenvalue weighted by molar-refractivity contribution is 5.94. The van der Waals surface area contributed by atoms with Crippen molar-refractivity contribution in [2.75, 3.05) is 18.5 Å². The summed E-state index contributed by atoms with van der Waals surface area (Å²) in [5.41, 5.74) is 0.650. The van der Waals surface area contributed by atoms with Gasteiger partial charge in [0.1, 0.15) is 23.9 Å². The summed E-state index contributed by atoms with van der Waals surface area (Å²) in [5.74, 6) is 3.12. The van der Waals surface area contributed by atoms with E-state index in [1.807, 2.05) is 49.4 Å². The molecule has 1 N–H and O–H groups in total. The fraction of sp³-hybridized carbons (Fsp3) is 0.174. The lowest BCUT2D eigenvalue weighted by Gasteiger charge is -2.25. The van der Waals surface area contributed by atoms with Gasteiger partial charge in [-0.25, -0.2) is 0 Å². The number of para-hydroxylation sites is 2. The predicted molar refractivity (Wildman–Crippen MR) is 109 cm³/mol. The van der Waals surface area contributed by atoms with Crippen molar-refractivity contribution in [2.24, 2.45) is 0 Å². The molecule has 6 heteroatoms. The van der Waals surface area contributed by atoms with Crippen LogP contribution in [-0.2, 0) is 4.79 Å². The molecule has 6 nitrogen and oxygen atoms in total. The summed E-state index contributed by atoms with van der Waals surface area (Å²) in [4.78, 5) is 12.5. The Hall–Kier alpha value is -3.67. The van der Waals surface area contributed by atoms with E-state index in [1.54, 1.807) is 30.3 Å². The van der Waals surface area contributed by atoms with Gasteiger partial charge in [-0.1, -0.05) is 12.1 Å². The van der Waals surface area contributed by atoms with Gasteiger partial charge >= 0.3 is 0 Å². The van der Waals surface area contributed by atoms with Crippen molar-refractivity contribution in [3.05, 3.63) is 72.8 Å². The van der Waals surface area contributed by atoms with E-state index in [4.69, 9.17) is 18.9 Å². The van der Waals surface area contributed by atoms with Gasteiger partial charge in [-0.3, -0.25) is 4.79 Å². The van der Waals surface area contributed by atoms with Crippen molar-refractivity contribution in [1.29, 1.82) is 0 Å². The molecule has 0 aliphatic carbocycles. The lowest BCUT2D eigenvalue weighted by atomic mass is 10.2. The summed E-state index contributed by atoms with van der Waals surface area (Å²) in [6.07, 6.45) is -0.704. The number of hydrogen-bond donors (Lipinski definition) is 1. The number of carbonyl (C=O) groups is 1. The first-order valence-electron chi connectivity index (χ1n) is 9.41. The van der Waals surface area contributed by atoms with Crippen molar-refractivity contribution >= 4 is 11.6 Å². The zero-order valence-electron chi connectivity index (χ0n) is 16.0. The summed E-state index contributed by atoms with van der Waals surface area (Å²) >= 11 is 0. The molecular weight excluding hydrogens is 370 g/mol. The van der Waals surface area contributed by atoms with Crippen LogP contribution < -0.4 is 24.3 Å². The smallest absolute Gasteiger partial charge is 0.269 e. The highest BCUT2D eigenvalue weighted by Gasteiger charge is 2.27. The molecule has 3 aromatic rings. The number of rotatable bonds is 6. The van der Waals surface area contributed by atoms with E-state index in [-0.39, 0.29) is 12.5 Å². The average Bonchev–Trinajstić information content (AvgIpc) is 2.76. The minimum Gasteiger partial charge on any atom is -0.494 e. The summed E-state index contributed by atoms with van der Waals surface area (Å²) in [5, 5.41) is 2.84. The quantitative estimate of drug-likeness (QED) is 0.662. The van der Waals surface area contributed by atoms with Gasteiger partial charge in [0.2, 0.25) is 6.10 Å². The Kier molecular flexibility index (Phi) is 5.52. The fourth-order valence-electron chi connectivity index (χ4n) is 2.88. The topological polar surface area (TPSA) is 66.0 Å². The van der Waals surface area contributed by atoms with Gasteiger partial charge in [0.05, 0.1) is 6.61 Å². The van der Waals surface area contributed by atoms with Crippen LogP contribution in [-0.4, -0.2) is 25.2 Å². The first-order chi connectivity index (χ1) is 14.2. The van der Waals surface area contributed by atoms with Crippen LogP contribution in [0.15, 0.2) is 72.8 Å². The van der Waals surface area contributed by atoms with Gasteiger partial charge in [0.25, 0.3) is 5.91 Å². The first kappa shape index (κ1) is 18.7. The van der Waals surface area contributed by atoms with E-state index in [1.165, 1.54) is 0 Å². The van der Waals surface area contributed by atoms with Crippen LogP contribution in [0.5, 0.6) is 28.7 Å². The number of anilines is 1. The number of carbonyl (C=O) groups excluding carboxylic acids is 1. The molecule has 1 aliphatic heterocycles. The molecular formula is C23H21NO5. The second-order valence-corrected chi connectivity index (χ2v) is 6.38. The Morgan fingerprint density at radius 1 is 0.931 bits per heavy atom. The molecule has 0 radical (unpaired) electrons. The Labute approximate surface area is 169 Å². The van der Waals surface area contributed by atoms with Crippen molar-refractivity contribution in [1.82, 2.24) is 0 Å². The molecule has 0 saturated carbocycles. The van der Waals surface area contributed by atoms with Crippen molar-refractivity contribution in [2.45, 2.75) is 13.0 Å². The van der Waals surface area contributed by atoms with Gasteiger partial charge in [-0.2, -0.15) is 0 Å². The third-order valence-electron chi connectivity index (χ3n) is 4.29. The Morgan fingerprint density at radius 2 is 1.55 bits per heavy atom. The molecule has 0 fully saturated rings. The molecule has 148 valence electrons. The highest BCUT2D eigenvalue weighted by Crippen LogP contribution is 2.31. The first-order valence-corrected chi connectivity index (χ1v) is 9.41. The maximum absolute atomic E-state index is 12.5. The Balaban J connectivity index is 1.34. The Morgan fingerprint density at radius 3 is 2.24 bits per heavy atom. The van der Waals surface area contributed by atoms with Crippen molar-refractivity contribution < 1.29 is 23.7 Å². The van der Waals surface area contributed by atoms with Crippen LogP contribution in [0.25, 0.3) is 0 Å². The molecule has 1 heterocycles. The number of ether oxygens (including phenoxy) is 4. The van der Waals surface area contributed by atoms with Gasteiger partial charge in [0.15, 0.2) is 11.5 Å². The van der Waals surface area contributed by atoms with E-state index >= 15 is 0 Å². The molecule has 4 rings (SSSR count). The second kappa shape index (κ2) is 8.56. The number of hydrogen-bond acceptors (Lipinski definition) is 5. The molecule has 0 spiro atoms. The van der Waals surface area contributed by atoms with Crippen LogP contribution in [0.1, 0.15) is 6.92 Å². The molecule has 0 unspecified atom stereocenters. The number of amides is 1. The molecule has 0 saturated heterocycles. The number of fused-ring (bicyclic) bond motifs is 1. The SMILES string of the molecule is CCOc1ccc(Oc2ccc(NC(=O)[C@H]3COc4ccccc4O3)cc2)cc1. The average molecular weight is 391 g/mol. The van der Waals surface area contributed by atoms with Crippen LogP contribution >= 0.6 is 0 Å². The molecule has 1 amide bonds. The summed E-state index contributed by atoms with van der Waals surface area (Å²) in [7, 11) is 0. The van der Waals surface area contributed by atoms with E-state index in [0.29, 0.717) is 35.3 Å². The lowest BCUT2D eigenvalue weighted by molar-refractivity contribution is -0.125. The van der Waals surface area contributed by atoms with Crippen LogP contribution in [0, 0.1) is 0 Å². The summed E-state index contributed by atoms with van der Waals surface area (Å²) in [6, 6.07) is 21.8. The third-order valence-corrected chi connectivity index (χ3v) is 4.29. The molecule has 0 bridgehead atoms. The van der Waals surface area contributed by atoms with E-state index < -0.39 is 6.10 Å². The van der Waals surface area contributed by atoms with Crippen LogP contribution in [0.4, 0.5) is 5.69 Å². The number of nitrogens with one attached hydrogen (secondary N) is 1. The molecule has 3 aromatic carbocycles. The van der Waals surface area contributed by atoms with Gasteiger partial charge in [-0.15, -0.1) is 0 Å². The predicted octanol–water partition coefficient (Wildman–Crippen LogP) is 4.66. The minimum atomic E-state index is -0.704. The molecule has 29 heavy (non-hydrogen) atoms. The minimum absolute atomic E-state index is 0.168. The third kappa shape index (κ3) is 4.60. The normalized spacial score (nSPS) is 14.7. The lowest BCUT2D eigenvalue weighted by Crippen LogP contribution is -2.40. The molecule has 1 aliphatic rings. The maximum atomic E-state index is 12.5. The van der Waals surface area contributed by atoms with E-state index in [2.05, 4.69) is 5.32 Å². The standard InChI is InChI=1S/C23H21NO5/c1-2-26-17-11-13-19(14-12-17)28-18-9-7-16(8-10-18)24-23(25)22-15-27-20-5-3-4-6-21(20)29-22/h3-14,22H,2,15H2,1H3,(H,24,25)/t22-/m1/s1. The van der Waals surface area contributed by atoms with Crippen molar-refractivity contribution in [3.8, 4) is 28.7 Å². The van der Waals surface area contributed by atoms with Crippen molar-refractivity contribution in [3.63, 3.8) is 0 Å².